The third-order valence-corrected chi connectivity index (χ3v) is 5.52. The van der Waals surface area contributed by atoms with Crippen LogP contribution in [0.2, 0.25) is 0 Å². The second-order valence-electron chi connectivity index (χ2n) is 9.15. The Balaban J connectivity index is 2.31. The third kappa shape index (κ3) is 4.04. The summed E-state index contributed by atoms with van der Waals surface area (Å²) in [5, 5.41) is 0. The zero-order valence-corrected chi connectivity index (χ0v) is 18.2. The maximum atomic E-state index is 8.16. The number of aromatic nitrogens is 1. The van der Waals surface area contributed by atoms with Crippen LogP contribution in [0.1, 0.15) is 66.9 Å². The van der Waals surface area contributed by atoms with Crippen molar-refractivity contribution in [2.45, 2.75) is 59.7 Å². The van der Waals surface area contributed by atoms with E-state index >= 15 is 0 Å². The largest absolute Gasteiger partial charge is 0.212 e. The molecule has 1 aromatic heterocycles. The molecule has 1 heterocycles. The number of aryl methyl sites for hydroxylation is 3. The highest BCUT2D eigenvalue weighted by Crippen LogP contribution is 2.33. The maximum absolute atomic E-state index is 8.16. The van der Waals surface area contributed by atoms with Crippen LogP contribution in [0.15, 0.2) is 54.7 Å². The van der Waals surface area contributed by atoms with Gasteiger partial charge in [0.15, 0.2) is 6.20 Å². The summed E-state index contributed by atoms with van der Waals surface area (Å²) >= 11 is 0. The van der Waals surface area contributed by atoms with Crippen molar-refractivity contribution in [2.75, 3.05) is 0 Å². The third-order valence-electron chi connectivity index (χ3n) is 5.52. The lowest BCUT2D eigenvalue weighted by Gasteiger charge is -2.19. The standard InChI is InChI=1S/C27H34N/c1-18(2)21-10-9-11-22(15-21)24-17-25(20(4)14-19(24)3)26-16-23(27(5,6)7)12-13-28(26)8/h9-18H,1-8H3/q+1/i3D3. The summed E-state index contributed by atoms with van der Waals surface area (Å²) in [6, 6.07) is 16.6. The summed E-state index contributed by atoms with van der Waals surface area (Å²) in [4.78, 5) is 0. The molecule has 0 aliphatic rings. The van der Waals surface area contributed by atoms with Crippen LogP contribution in [0.5, 0.6) is 0 Å². The zero-order valence-electron chi connectivity index (χ0n) is 21.2. The van der Waals surface area contributed by atoms with Crippen LogP contribution < -0.4 is 4.57 Å². The van der Waals surface area contributed by atoms with Gasteiger partial charge in [-0.25, -0.2) is 4.57 Å². The fourth-order valence-corrected chi connectivity index (χ4v) is 3.59. The fraction of sp³-hybridized carbons (Fsp3) is 0.370. The van der Waals surface area contributed by atoms with Gasteiger partial charge in [-0.3, -0.25) is 0 Å². The van der Waals surface area contributed by atoms with Crippen LogP contribution in [0.4, 0.5) is 0 Å². The topological polar surface area (TPSA) is 3.88 Å². The van der Waals surface area contributed by atoms with Gasteiger partial charge in [0.1, 0.15) is 7.05 Å². The molecule has 0 amide bonds. The predicted molar refractivity (Wildman–Crippen MR) is 121 cm³/mol. The lowest BCUT2D eigenvalue weighted by atomic mass is 9.86. The van der Waals surface area contributed by atoms with E-state index in [1.807, 2.05) is 32.2 Å². The highest BCUT2D eigenvalue weighted by Gasteiger charge is 2.21. The van der Waals surface area contributed by atoms with Crippen LogP contribution >= 0.6 is 0 Å². The van der Waals surface area contributed by atoms with Gasteiger partial charge in [-0.15, -0.1) is 0 Å². The lowest BCUT2D eigenvalue weighted by molar-refractivity contribution is -0.660. The van der Waals surface area contributed by atoms with Crippen LogP contribution in [0, 0.1) is 13.8 Å². The summed E-state index contributed by atoms with van der Waals surface area (Å²) in [6.07, 6.45) is 2.09. The molecule has 0 atom stereocenters. The molecular weight excluding hydrogens is 338 g/mol. The summed E-state index contributed by atoms with van der Waals surface area (Å²) in [5.41, 5.74) is 7.75. The predicted octanol–water partition coefficient (Wildman–Crippen LogP) is 6.88. The Morgan fingerprint density at radius 2 is 1.68 bits per heavy atom. The average Bonchev–Trinajstić information content (AvgIpc) is 2.67. The molecule has 2 aromatic carbocycles. The van der Waals surface area contributed by atoms with E-state index in [9.17, 15) is 0 Å². The van der Waals surface area contributed by atoms with Gasteiger partial charge in [-0.2, -0.15) is 0 Å². The van der Waals surface area contributed by atoms with E-state index in [1.165, 1.54) is 11.1 Å². The molecule has 146 valence electrons. The van der Waals surface area contributed by atoms with Gasteiger partial charge in [0.25, 0.3) is 0 Å². The molecule has 0 saturated heterocycles. The molecule has 28 heavy (non-hydrogen) atoms. The van der Waals surface area contributed by atoms with E-state index in [0.29, 0.717) is 11.5 Å². The summed E-state index contributed by atoms with van der Waals surface area (Å²) in [7, 11) is 2.04. The number of nitrogens with zero attached hydrogens (tertiary/aromatic N) is 1. The van der Waals surface area contributed by atoms with Crippen LogP contribution in [0.3, 0.4) is 0 Å². The SMILES string of the molecule is [2H]C([2H])([2H])c1cc(C)c(-c2cc(C(C)(C)C)cc[n+]2C)cc1-c1cccc(C(C)C)c1. The van der Waals surface area contributed by atoms with E-state index < -0.39 is 6.85 Å². The Morgan fingerprint density at radius 1 is 0.929 bits per heavy atom. The minimum Gasteiger partial charge on any atom is -0.201 e. The zero-order chi connectivity index (χ0) is 23.1. The molecule has 0 aliphatic carbocycles. The normalized spacial score (nSPS) is 13.9. The first-order valence-electron chi connectivity index (χ1n) is 11.5. The van der Waals surface area contributed by atoms with Gasteiger partial charge in [-0.1, -0.05) is 65.0 Å². The van der Waals surface area contributed by atoms with Crippen molar-refractivity contribution in [3.8, 4) is 22.4 Å². The smallest absolute Gasteiger partial charge is 0.201 e. The Hall–Kier alpha value is -2.41. The molecular formula is C27H34N+. The van der Waals surface area contributed by atoms with Gasteiger partial charge in [0.05, 0.1) is 0 Å². The van der Waals surface area contributed by atoms with Crippen molar-refractivity contribution in [1.29, 1.82) is 0 Å². The first-order chi connectivity index (χ1) is 14.3. The number of hydrogen-bond donors (Lipinski definition) is 0. The van der Waals surface area contributed by atoms with Crippen molar-refractivity contribution < 1.29 is 8.68 Å². The van der Waals surface area contributed by atoms with Gasteiger partial charge < -0.3 is 0 Å². The minimum absolute atomic E-state index is 0.0317. The quantitative estimate of drug-likeness (QED) is 0.439. The maximum Gasteiger partial charge on any atom is 0.212 e. The average molecular weight is 376 g/mol. The Kier molecular flexibility index (Phi) is 4.46. The number of rotatable bonds is 3. The molecule has 1 heteroatoms. The van der Waals surface area contributed by atoms with E-state index in [-0.39, 0.29) is 5.41 Å². The van der Waals surface area contributed by atoms with Crippen LogP contribution in [-0.2, 0) is 12.5 Å². The van der Waals surface area contributed by atoms with Crippen LogP contribution in [0.25, 0.3) is 22.4 Å². The van der Waals surface area contributed by atoms with Crippen molar-refractivity contribution >= 4 is 0 Å². The Bertz CT molecular complexity index is 1100. The molecule has 0 aliphatic heterocycles. The highest BCUT2D eigenvalue weighted by atomic mass is 14.9. The van der Waals surface area contributed by atoms with E-state index in [1.54, 1.807) is 0 Å². The van der Waals surface area contributed by atoms with Gasteiger partial charge in [0, 0.05) is 21.8 Å². The number of benzene rings is 2. The summed E-state index contributed by atoms with van der Waals surface area (Å²) in [6.45, 7) is 10.8. The van der Waals surface area contributed by atoms with Gasteiger partial charge in [0.2, 0.25) is 5.69 Å². The molecule has 0 bridgehead atoms. The molecule has 0 unspecified atom stereocenters. The molecule has 0 radical (unpaired) electrons. The first kappa shape index (κ1) is 16.5. The second kappa shape index (κ2) is 7.54. The van der Waals surface area contributed by atoms with Gasteiger partial charge in [-0.05, 0) is 64.6 Å². The minimum atomic E-state index is -2.18. The van der Waals surface area contributed by atoms with Crippen molar-refractivity contribution in [3.05, 3.63) is 77.0 Å². The lowest BCUT2D eigenvalue weighted by Crippen LogP contribution is -2.32. The van der Waals surface area contributed by atoms with E-state index in [4.69, 9.17) is 4.11 Å². The summed E-state index contributed by atoms with van der Waals surface area (Å²) in [5.74, 6) is 0.377. The second-order valence-corrected chi connectivity index (χ2v) is 9.15. The molecule has 0 fully saturated rings. The molecule has 0 N–H and O–H groups in total. The summed E-state index contributed by atoms with van der Waals surface area (Å²) < 4.78 is 26.6. The highest BCUT2D eigenvalue weighted by molar-refractivity contribution is 5.76. The Labute approximate surface area is 175 Å². The molecule has 0 spiro atoms. The molecule has 0 saturated carbocycles. The van der Waals surface area contributed by atoms with Gasteiger partial charge >= 0.3 is 0 Å². The molecule has 3 rings (SSSR count). The van der Waals surface area contributed by atoms with Crippen molar-refractivity contribution in [2.24, 2.45) is 7.05 Å². The first-order valence-corrected chi connectivity index (χ1v) is 10.0. The molecule has 3 aromatic rings. The van der Waals surface area contributed by atoms with E-state index in [0.717, 1.165) is 27.9 Å². The van der Waals surface area contributed by atoms with Crippen molar-refractivity contribution in [1.82, 2.24) is 0 Å². The number of pyridine rings is 1. The van der Waals surface area contributed by atoms with Crippen molar-refractivity contribution in [3.63, 3.8) is 0 Å². The number of hydrogen-bond acceptors (Lipinski definition) is 0. The van der Waals surface area contributed by atoms with Crippen LogP contribution in [-0.4, -0.2) is 0 Å². The van der Waals surface area contributed by atoms with E-state index in [2.05, 4.69) is 75.7 Å². The molecule has 1 nitrogen and oxygen atoms in total. The Morgan fingerprint density at radius 3 is 2.32 bits per heavy atom. The monoisotopic (exact) mass is 375 g/mol. The fourth-order valence-electron chi connectivity index (χ4n) is 3.59.